The van der Waals surface area contributed by atoms with Crippen LogP contribution >= 0.6 is 0 Å². The van der Waals surface area contributed by atoms with Gasteiger partial charge in [0.25, 0.3) is 0 Å². The minimum atomic E-state index is 0.459. The number of aryl methyl sites for hydroxylation is 1. The van der Waals surface area contributed by atoms with Crippen LogP contribution in [0.1, 0.15) is 69.0 Å². The molecule has 3 heterocycles. The molecule has 1 aromatic heterocycles. The van der Waals surface area contributed by atoms with Gasteiger partial charge in [-0.05, 0) is 57.9 Å². The first-order valence-electron chi connectivity index (χ1n) is 10.5. The molecular formula is C20H33N5. The first-order valence-corrected chi connectivity index (χ1v) is 10.5. The van der Waals surface area contributed by atoms with Crippen molar-refractivity contribution in [3.63, 3.8) is 0 Å². The fourth-order valence-electron chi connectivity index (χ4n) is 4.51. The Kier molecular flexibility index (Phi) is 5.70. The van der Waals surface area contributed by atoms with Gasteiger partial charge in [-0.15, -0.1) is 0 Å². The first kappa shape index (κ1) is 17.1. The van der Waals surface area contributed by atoms with Gasteiger partial charge in [0.15, 0.2) is 0 Å². The summed E-state index contributed by atoms with van der Waals surface area (Å²) in [6.07, 6.45) is 13.9. The Morgan fingerprint density at radius 3 is 2.60 bits per heavy atom. The summed E-state index contributed by atoms with van der Waals surface area (Å²) in [6.45, 7) is 4.49. The number of aromatic nitrogens is 2. The summed E-state index contributed by atoms with van der Waals surface area (Å²) in [4.78, 5) is 12.5. The van der Waals surface area contributed by atoms with Crippen molar-refractivity contribution in [3.8, 4) is 0 Å². The number of rotatable bonds is 3. The van der Waals surface area contributed by atoms with Crippen LogP contribution in [0, 0.1) is 0 Å². The molecule has 0 bridgehead atoms. The van der Waals surface area contributed by atoms with Gasteiger partial charge in [0.05, 0.1) is 5.69 Å². The molecule has 4 rings (SSSR count). The minimum Gasteiger partial charge on any atom is -0.356 e. The van der Waals surface area contributed by atoms with E-state index in [-0.39, 0.29) is 0 Å². The van der Waals surface area contributed by atoms with E-state index in [1.807, 2.05) is 0 Å². The van der Waals surface area contributed by atoms with Crippen LogP contribution in [0.3, 0.4) is 0 Å². The van der Waals surface area contributed by atoms with Gasteiger partial charge in [0, 0.05) is 31.2 Å². The number of nitrogens with one attached hydrogen (secondary N) is 2. The van der Waals surface area contributed by atoms with Gasteiger partial charge in [0.1, 0.15) is 5.82 Å². The highest BCUT2D eigenvalue weighted by Gasteiger charge is 2.23. The molecule has 1 aliphatic carbocycles. The highest BCUT2D eigenvalue weighted by molar-refractivity contribution is 5.54. The van der Waals surface area contributed by atoms with Gasteiger partial charge in [-0.1, -0.05) is 19.3 Å². The van der Waals surface area contributed by atoms with Crippen molar-refractivity contribution in [2.75, 3.05) is 36.4 Å². The minimum absolute atomic E-state index is 0.459. The van der Waals surface area contributed by atoms with Gasteiger partial charge in [-0.3, -0.25) is 0 Å². The zero-order valence-electron chi connectivity index (χ0n) is 15.5. The average molecular weight is 344 g/mol. The summed E-state index contributed by atoms with van der Waals surface area (Å²) < 4.78 is 0. The van der Waals surface area contributed by atoms with Gasteiger partial charge < -0.3 is 15.5 Å². The maximum Gasteiger partial charge on any atom is 0.225 e. The molecule has 5 nitrogen and oxygen atoms in total. The molecule has 0 spiro atoms. The Labute approximate surface area is 152 Å². The van der Waals surface area contributed by atoms with Crippen molar-refractivity contribution in [1.29, 1.82) is 0 Å². The predicted molar refractivity (Wildman–Crippen MR) is 103 cm³/mol. The van der Waals surface area contributed by atoms with Crippen LogP contribution in [0.2, 0.25) is 0 Å². The zero-order chi connectivity index (χ0) is 16.9. The molecule has 2 aliphatic heterocycles. The van der Waals surface area contributed by atoms with E-state index in [0.717, 1.165) is 45.0 Å². The summed E-state index contributed by atoms with van der Waals surface area (Å²) in [5.41, 5.74) is 2.75. The third kappa shape index (κ3) is 4.25. The van der Waals surface area contributed by atoms with E-state index in [4.69, 9.17) is 9.97 Å². The van der Waals surface area contributed by atoms with Crippen molar-refractivity contribution in [1.82, 2.24) is 15.3 Å². The van der Waals surface area contributed by atoms with Crippen molar-refractivity contribution in [2.24, 2.45) is 0 Å². The molecule has 0 saturated carbocycles. The second-order valence-electron chi connectivity index (χ2n) is 7.95. The van der Waals surface area contributed by atoms with Crippen LogP contribution in [0.5, 0.6) is 0 Å². The lowest BCUT2D eigenvalue weighted by Crippen LogP contribution is -2.33. The number of anilines is 2. The number of fused-ring (bicyclic) bond motifs is 1. The molecule has 3 aliphatic rings. The molecule has 0 aromatic carbocycles. The second kappa shape index (κ2) is 8.35. The quantitative estimate of drug-likeness (QED) is 0.882. The summed E-state index contributed by atoms with van der Waals surface area (Å²) in [6, 6.07) is 0.459. The van der Waals surface area contributed by atoms with Crippen LogP contribution in [-0.4, -0.2) is 42.2 Å². The molecule has 25 heavy (non-hydrogen) atoms. The van der Waals surface area contributed by atoms with Gasteiger partial charge in [-0.25, -0.2) is 4.98 Å². The lowest BCUT2D eigenvalue weighted by molar-refractivity contribution is 0.622. The molecule has 2 saturated heterocycles. The smallest absolute Gasteiger partial charge is 0.225 e. The van der Waals surface area contributed by atoms with E-state index < -0.39 is 0 Å². The van der Waals surface area contributed by atoms with Crippen molar-refractivity contribution < 1.29 is 0 Å². The Balaban J connectivity index is 1.59. The van der Waals surface area contributed by atoms with E-state index in [0.29, 0.717) is 6.04 Å². The highest BCUT2D eigenvalue weighted by atomic mass is 15.2. The van der Waals surface area contributed by atoms with Crippen LogP contribution in [0.4, 0.5) is 11.8 Å². The molecule has 1 aromatic rings. The first-order chi connectivity index (χ1) is 12.4. The second-order valence-corrected chi connectivity index (χ2v) is 7.95. The van der Waals surface area contributed by atoms with E-state index in [1.54, 1.807) is 0 Å². The molecule has 0 amide bonds. The largest absolute Gasteiger partial charge is 0.356 e. The summed E-state index contributed by atoms with van der Waals surface area (Å²) in [5.74, 6) is 2.12. The van der Waals surface area contributed by atoms with Crippen LogP contribution < -0.4 is 15.5 Å². The lowest BCUT2D eigenvalue weighted by atomic mass is 9.96. The summed E-state index contributed by atoms with van der Waals surface area (Å²) in [7, 11) is 0. The third-order valence-corrected chi connectivity index (χ3v) is 5.95. The Hall–Kier alpha value is -1.36. The molecule has 2 N–H and O–H groups in total. The normalized spacial score (nSPS) is 25.0. The SMILES string of the molecule is C1CCCN(c2nc(NC3CCCCNC3)nc3c2CCCC3)CC1. The number of hydrogen-bond donors (Lipinski definition) is 2. The average Bonchev–Trinajstić information content (AvgIpc) is 3.06. The standard InChI is InChI=1S/C20H33N5/c1-2-8-14-25(13-7-1)19-17-10-3-4-11-18(17)23-20(24-19)22-16-9-5-6-12-21-15-16/h16,21H,1-15H2,(H,22,23,24). The van der Waals surface area contributed by atoms with E-state index in [1.165, 1.54) is 74.9 Å². The van der Waals surface area contributed by atoms with Gasteiger partial charge in [0.2, 0.25) is 5.95 Å². The highest BCUT2D eigenvalue weighted by Crippen LogP contribution is 2.30. The fourth-order valence-corrected chi connectivity index (χ4v) is 4.51. The Morgan fingerprint density at radius 1 is 0.880 bits per heavy atom. The Morgan fingerprint density at radius 2 is 1.72 bits per heavy atom. The fraction of sp³-hybridized carbons (Fsp3) is 0.800. The maximum atomic E-state index is 5.05. The number of nitrogens with zero attached hydrogens (tertiary/aromatic N) is 3. The van der Waals surface area contributed by atoms with E-state index in [2.05, 4.69) is 15.5 Å². The maximum absolute atomic E-state index is 5.05. The zero-order valence-corrected chi connectivity index (χ0v) is 15.5. The predicted octanol–water partition coefficient (Wildman–Crippen LogP) is 3.29. The lowest BCUT2D eigenvalue weighted by Gasteiger charge is -2.28. The molecule has 5 heteroatoms. The van der Waals surface area contributed by atoms with E-state index >= 15 is 0 Å². The van der Waals surface area contributed by atoms with Crippen LogP contribution in [0.15, 0.2) is 0 Å². The molecular weight excluding hydrogens is 310 g/mol. The van der Waals surface area contributed by atoms with Crippen molar-refractivity contribution in [2.45, 2.75) is 76.7 Å². The van der Waals surface area contributed by atoms with Gasteiger partial charge in [-0.2, -0.15) is 4.98 Å². The van der Waals surface area contributed by atoms with Gasteiger partial charge >= 0.3 is 0 Å². The molecule has 1 unspecified atom stereocenters. The number of hydrogen-bond acceptors (Lipinski definition) is 5. The summed E-state index contributed by atoms with van der Waals surface area (Å²) >= 11 is 0. The van der Waals surface area contributed by atoms with E-state index in [9.17, 15) is 0 Å². The topological polar surface area (TPSA) is 53.1 Å². The molecule has 0 radical (unpaired) electrons. The van der Waals surface area contributed by atoms with Crippen molar-refractivity contribution in [3.05, 3.63) is 11.3 Å². The van der Waals surface area contributed by atoms with Crippen LogP contribution in [-0.2, 0) is 12.8 Å². The molecule has 2 fully saturated rings. The monoisotopic (exact) mass is 343 g/mol. The van der Waals surface area contributed by atoms with Crippen LogP contribution in [0.25, 0.3) is 0 Å². The summed E-state index contributed by atoms with van der Waals surface area (Å²) in [5, 5.41) is 7.19. The molecule has 1 atom stereocenters. The molecule has 138 valence electrons. The van der Waals surface area contributed by atoms with Crippen molar-refractivity contribution >= 4 is 11.8 Å². The Bertz CT molecular complexity index is 557. The third-order valence-electron chi connectivity index (χ3n) is 5.95.